The largest absolute Gasteiger partial charge is 0.426 e. The van der Waals surface area contributed by atoms with Crippen molar-refractivity contribution in [1.82, 2.24) is 0 Å². The molecule has 1 fully saturated rings. The highest BCUT2D eigenvalue weighted by molar-refractivity contribution is 5.76. The normalized spacial score (nSPS) is 20.8. The molecule has 0 bridgehead atoms. The highest BCUT2D eigenvalue weighted by Crippen LogP contribution is 2.33. The number of aryl methyl sites for hydroxylation is 2. The molecular formula is C18H24O6. The first-order valence-electron chi connectivity index (χ1n) is 8.15. The molecule has 2 rings (SSSR count). The Kier molecular flexibility index (Phi) is 5.96. The molecule has 0 radical (unpaired) electrons. The first-order valence-corrected chi connectivity index (χ1v) is 8.15. The van der Waals surface area contributed by atoms with Gasteiger partial charge in [-0.3, -0.25) is 9.59 Å². The molecule has 0 heterocycles. The Balaban J connectivity index is 2.01. The van der Waals surface area contributed by atoms with Crippen LogP contribution in [0.25, 0.3) is 0 Å². The third kappa shape index (κ3) is 4.55. The second-order valence-corrected chi connectivity index (χ2v) is 6.43. The SMILES string of the molecule is CC(=O)Oc1c(C)cc(OC(=O)C2CCC(C(O)O)CC2)cc1C. The molecule has 24 heavy (non-hydrogen) atoms. The third-order valence-corrected chi connectivity index (χ3v) is 4.42. The highest BCUT2D eigenvalue weighted by Gasteiger charge is 2.30. The minimum atomic E-state index is -1.32. The van der Waals surface area contributed by atoms with Gasteiger partial charge in [0.25, 0.3) is 0 Å². The van der Waals surface area contributed by atoms with Crippen molar-refractivity contribution in [3.8, 4) is 11.5 Å². The molecule has 0 unspecified atom stereocenters. The topological polar surface area (TPSA) is 93.1 Å². The summed E-state index contributed by atoms with van der Waals surface area (Å²) >= 11 is 0. The van der Waals surface area contributed by atoms with Gasteiger partial charge in [0.1, 0.15) is 11.5 Å². The van der Waals surface area contributed by atoms with Gasteiger partial charge in [-0.25, -0.2) is 0 Å². The van der Waals surface area contributed by atoms with E-state index in [0.717, 1.165) is 11.1 Å². The van der Waals surface area contributed by atoms with Crippen molar-refractivity contribution in [1.29, 1.82) is 0 Å². The van der Waals surface area contributed by atoms with Gasteiger partial charge in [0.15, 0.2) is 6.29 Å². The Hall–Kier alpha value is -1.92. The van der Waals surface area contributed by atoms with E-state index in [0.29, 0.717) is 37.2 Å². The van der Waals surface area contributed by atoms with Gasteiger partial charge in [0, 0.05) is 12.8 Å². The molecule has 0 amide bonds. The van der Waals surface area contributed by atoms with Gasteiger partial charge in [-0.2, -0.15) is 0 Å². The van der Waals surface area contributed by atoms with E-state index in [2.05, 4.69) is 0 Å². The molecule has 1 aliphatic carbocycles. The molecule has 2 N–H and O–H groups in total. The molecule has 1 saturated carbocycles. The quantitative estimate of drug-likeness (QED) is 0.498. The van der Waals surface area contributed by atoms with Crippen molar-refractivity contribution >= 4 is 11.9 Å². The molecule has 0 aliphatic heterocycles. The van der Waals surface area contributed by atoms with Gasteiger partial charge in [-0.05, 0) is 62.8 Å². The average Bonchev–Trinajstić information content (AvgIpc) is 2.50. The summed E-state index contributed by atoms with van der Waals surface area (Å²) in [5.41, 5.74) is 1.44. The van der Waals surface area contributed by atoms with Crippen molar-refractivity contribution in [3.05, 3.63) is 23.3 Å². The van der Waals surface area contributed by atoms with E-state index in [1.54, 1.807) is 26.0 Å². The lowest BCUT2D eigenvalue weighted by Gasteiger charge is -2.28. The molecule has 1 aromatic rings. The number of ether oxygens (including phenoxy) is 2. The molecule has 1 aliphatic rings. The average molecular weight is 336 g/mol. The lowest BCUT2D eigenvalue weighted by molar-refractivity contribution is -0.143. The zero-order chi connectivity index (χ0) is 17.9. The number of carbonyl (C=O) groups excluding carboxylic acids is 2. The molecule has 6 heteroatoms. The molecule has 6 nitrogen and oxygen atoms in total. The van der Waals surface area contributed by atoms with Crippen LogP contribution in [0.4, 0.5) is 0 Å². The van der Waals surface area contributed by atoms with E-state index in [-0.39, 0.29) is 17.8 Å². The van der Waals surface area contributed by atoms with Crippen molar-refractivity contribution in [3.63, 3.8) is 0 Å². The number of rotatable bonds is 4. The van der Waals surface area contributed by atoms with Crippen LogP contribution in [0.5, 0.6) is 11.5 Å². The summed E-state index contributed by atoms with van der Waals surface area (Å²) < 4.78 is 10.6. The lowest BCUT2D eigenvalue weighted by Crippen LogP contribution is -2.30. The zero-order valence-corrected chi connectivity index (χ0v) is 14.2. The van der Waals surface area contributed by atoms with E-state index >= 15 is 0 Å². The van der Waals surface area contributed by atoms with Crippen LogP contribution < -0.4 is 9.47 Å². The summed E-state index contributed by atoms with van der Waals surface area (Å²) in [6.07, 6.45) is 1.05. The van der Waals surface area contributed by atoms with Crippen molar-refractivity contribution in [2.75, 3.05) is 0 Å². The molecule has 0 atom stereocenters. The first-order chi connectivity index (χ1) is 11.3. The summed E-state index contributed by atoms with van der Waals surface area (Å²) in [5, 5.41) is 18.4. The maximum atomic E-state index is 12.3. The Bertz CT molecular complexity index is 591. The molecule has 0 aromatic heterocycles. The van der Waals surface area contributed by atoms with Gasteiger partial charge in [-0.15, -0.1) is 0 Å². The summed E-state index contributed by atoms with van der Waals surface area (Å²) in [6, 6.07) is 3.35. The fraction of sp³-hybridized carbons (Fsp3) is 0.556. The Morgan fingerprint density at radius 1 is 1.04 bits per heavy atom. The van der Waals surface area contributed by atoms with E-state index in [4.69, 9.17) is 9.47 Å². The Labute approximate surface area is 141 Å². The minimum absolute atomic E-state index is 0.165. The molecule has 0 saturated heterocycles. The number of aliphatic hydroxyl groups excluding tert-OH is 1. The fourth-order valence-corrected chi connectivity index (χ4v) is 3.13. The van der Waals surface area contributed by atoms with Crippen LogP contribution in [0.15, 0.2) is 12.1 Å². The Morgan fingerprint density at radius 2 is 1.58 bits per heavy atom. The van der Waals surface area contributed by atoms with Crippen molar-refractivity contribution in [2.45, 2.75) is 52.7 Å². The number of hydrogen-bond acceptors (Lipinski definition) is 6. The minimum Gasteiger partial charge on any atom is -0.426 e. The fourth-order valence-electron chi connectivity index (χ4n) is 3.13. The summed E-state index contributed by atoms with van der Waals surface area (Å²) in [4.78, 5) is 23.4. The number of aliphatic hydroxyl groups is 2. The van der Waals surface area contributed by atoms with E-state index in [9.17, 15) is 19.8 Å². The van der Waals surface area contributed by atoms with Crippen LogP contribution in [0, 0.1) is 25.7 Å². The lowest BCUT2D eigenvalue weighted by atomic mass is 9.82. The van der Waals surface area contributed by atoms with Crippen LogP contribution in [-0.2, 0) is 9.59 Å². The molecular weight excluding hydrogens is 312 g/mol. The summed E-state index contributed by atoms with van der Waals surface area (Å²) in [6.45, 7) is 4.92. The van der Waals surface area contributed by atoms with E-state index in [1.165, 1.54) is 6.92 Å². The Morgan fingerprint density at radius 3 is 2.04 bits per heavy atom. The summed E-state index contributed by atoms with van der Waals surface area (Å²) in [5.74, 6) is -0.182. The van der Waals surface area contributed by atoms with Crippen LogP contribution >= 0.6 is 0 Å². The van der Waals surface area contributed by atoms with Gasteiger partial charge in [-0.1, -0.05) is 0 Å². The maximum absolute atomic E-state index is 12.3. The monoisotopic (exact) mass is 336 g/mol. The number of benzene rings is 1. The molecule has 1 aromatic carbocycles. The van der Waals surface area contributed by atoms with Crippen LogP contribution in [0.1, 0.15) is 43.7 Å². The van der Waals surface area contributed by atoms with Crippen molar-refractivity contribution < 1.29 is 29.3 Å². The van der Waals surface area contributed by atoms with Crippen LogP contribution in [0.2, 0.25) is 0 Å². The number of esters is 2. The predicted octanol–water partition coefficient (Wildman–Crippen LogP) is 2.25. The van der Waals surface area contributed by atoms with E-state index in [1.807, 2.05) is 0 Å². The van der Waals surface area contributed by atoms with E-state index < -0.39 is 12.3 Å². The number of hydrogen-bond donors (Lipinski definition) is 2. The number of carbonyl (C=O) groups is 2. The smallest absolute Gasteiger partial charge is 0.314 e. The van der Waals surface area contributed by atoms with Crippen LogP contribution in [0.3, 0.4) is 0 Å². The predicted molar refractivity (Wildman–Crippen MR) is 86.5 cm³/mol. The second kappa shape index (κ2) is 7.77. The van der Waals surface area contributed by atoms with Crippen LogP contribution in [-0.4, -0.2) is 28.4 Å². The zero-order valence-electron chi connectivity index (χ0n) is 14.2. The second-order valence-electron chi connectivity index (χ2n) is 6.43. The van der Waals surface area contributed by atoms with Crippen molar-refractivity contribution in [2.24, 2.45) is 11.8 Å². The molecule has 0 spiro atoms. The highest BCUT2D eigenvalue weighted by atomic mass is 16.5. The summed E-state index contributed by atoms with van der Waals surface area (Å²) in [7, 11) is 0. The van der Waals surface area contributed by atoms with Gasteiger partial charge >= 0.3 is 11.9 Å². The standard InChI is InChI=1S/C18H24O6/c1-10-8-15(9-11(2)16(10)23-12(3)19)24-18(22)14-6-4-13(5-7-14)17(20)21/h8-9,13-14,17,20-21H,4-7H2,1-3H3. The maximum Gasteiger partial charge on any atom is 0.314 e. The van der Waals surface area contributed by atoms with Gasteiger partial charge in [0.05, 0.1) is 5.92 Å². The van der Waals surface area contributed by atoms with Gasteiger partial charge in [0.2, 0.25) is 0 Å². The third-order valence-electron chi connectivity index (χ3n) is 4.42. The molecule has 132 valence electrons. The first kappa shape index (κ1) is 18.4. The van der Waals surface area contributed by atoms with Gasteiger partial charge < -0.3 is 19.7 Å².